The van der Waals surface area contributed by atoms with Crippen LogP contribution in [-0.4, -0.2) is 71.8 Å². The Morgan fingerprint density at radius 1 is 1.47 bits per heavy atom. The number of likely N-dealkylation sites (tertiary alicyclic amines) is 1. The largest absolute Gasteiger partial charge is 0.374 e. The molecule has 0 spiro atoms. The number of hydrogen-bond donors (Lipinski definition) is 1. The van der Waals surface area contributed by atoms with Crippen LogP contribution < -0.4 is 5.32 Å². The van der Waals surface area contributed by atoms with E-state index in [0.29, 0.717) is 24.1 Å². The van der Waals surface area contributed by atoms with E-state index in [4.69, 9.17) is 4.74 Å². The van der Waals surface area contributed by atoms with Crippen LogP contribution >= 0.6 is 0 Å². The zero-order valence-corrected chi connectivity index (χ0v) is 19.0. The number of aromatic nitrogens is 3. The molecule has 1 N–H and O–H groups in total. The highest BCUT2D eigenvalue weighted by atomic mass is 32.2. The number of allylic oxidation sites excluding steroid dienone is 1. The lowest BCUT2D eigenvalue weighted by atomic mass is 10.2. The standard InChI is InChI=1S/C21H22F2N6O4S/c1-13(23)7-24-9-18(25-4-3-22)20-16-8-26-17(6-19(16)29(27-20)12-34(2,31)32)21(30)28-10-15-5-14(28)11-33-15/h3-4,6-9,14-15,25H,1,5,10-12H2,2H3/b4-3+,18-9-,24-7?. The lowest BCUT2D eigenvalue weighted by molar-refractivity contribution is 0.0256. The molecule has 10 nitrogen and oxygen atoms in total. The summed E-state index contributed by atoms with van der Waals surface area (Å²) >= 11 is 0. The molecule has 2 saturated heterocycles. The van der Waals surface area contributed by atoms with Crippen LogP contribution in [0, 0.1) is 0 Å². The predicted octanol–water partition coefficient (Wildman–Crippen LogP) is 1.93. The number of sulfone groups is 1. The summed E-state index contributed by atoms with van der Waals surface area (Å²) in [7, 11) is -3.52. The van der Waals surface area contributed by atoms with Crippen LogP contribution in [0.1, 0.15) is 22.6 Å². The van der Waals surface area contributed by atoms with Crippen LogP contribution in [0.5, 0.6) is 0 Å². The van der Waals surface area contributed by atoms with Crippen molar-refractivity contribution in [2.24, 2.45) is 4.99 Å². The highest BCUT2D eigenvalue weighted by molar-refractivity contribution is 7.89. The van der Waals surface area contributed by atoms with Crippen molar-refractivity contribution in [3.8, 4) is 0 Å². The Hall–Kier alpha value is -3.45. The number of halogens is 2. The molecule has 2 aliphatic rings. The smallest absolute Gasteiger partial charge is 0.272 e. The van der Waals surface area contributed by atoms with E-state index in [1.54, 1.807) is 4.90 Å². The zero-order valence-electron chi connectivity index (χ0n) is 18.2. The molecule has 2 bridgehead atoms. The van der Waals surface area contributed by atoms with Gasteiger partial charge < -0.3 is 15.0 Å². The summed E-state index contributed by atoms with van der Waals surface area (Å²) in [6.45, 7) is 4.02. The van der Waals surface area contributed by atoms with Gasteiger partial charge >= 0.3 is 0 Å². The minimum absolute atomic E-state index is 0.0131. The molecule has 0 radical (unpaired) electrons. The number of carbonyl (C=O) groups excluding carboxylic acids is 1. The lowest BCUT2D eigenvalue weighted by Gasteiger charge is -2.26. The van der Waals surface area contributed by atoms with Gasteiger partial charge in [0.05, 0.1) is 42.4 Å². The summed E-state index contributed by atoms with van der Waals surface area (Å²) in [6, 6.07) is 1.46. The fourth-order valence-electron chi connectivity index (χ4n) is 3.98. The average molecular weight is 493 g/mol. The third-order valence-electron chi connectivity index (χ3n) is 5.35. The van der Waals surface area contributed by atoms with E-state index in [0.717, 1.165) is 25.1 Å². The van der Waals surface area contributed by atoms with Crippen molar-refractivity contribution in [1.29, 1.82) is 0 Å². The van der Waals surface area contributed by atoms with Gasteiger partial charge in [-0.25, -0.2) is 21.9 Å². The zero-order chi connectivity index (χ0) is 24.5. The highest BCUT2D eigenvalue weighted by Gasteiger charge is 2.42. The number of nitrogens with zero attached hydrogens (tertiary/aromatic N) is 5. The number of morpholine rings is 1. The number of rotatable bonds is 8. The molecule has 0 aliphatic carbocycles. The minimum Gasteiger partial charge on any atom is -0.374 e. The van der Waals surface area contributed by atoms with E-state index in [-0.39, 0.29) is 41.5 Å². The van der Waals surface area contributed by atoms with Crippen LogP contribution in [0.4, 0.5) is 8.78 Å². The minimum atomic E-state index is -3.52. The molecule has 2 aromatic rings. The van der Waals surface area contributed by atoms with Gasteiger partial charge in [0.2, 0.25) is 0 Å². The van der Waals surface area contributed by atoms with Crippen LogP contribution in [-0.2, 0) is 20.5 Å². The molecule has 180 valence electrons. The number of hydrogen-bond acceptors (Lipinski definition) is 8. The normalized spacial score (nSPS) is 20.8. The Morgan fingerprint density at radius 3 is 2.88 bits per heavy atom. The monoisotopic (exact) mass is 492 g/mol. The molecule has 13 heteroatoms. The highest BCUT2D eigenvalue weighted by Crippen LogP contribution is 2.30. The molecular formula is C21H22F2N6O4S. The van der Waals surface area contributed by atoms with Gasteiger partial charge in [-0.05, 0) is 12.5 Å². The van der Waals surface area contributed by atoms with Crippen LogP contribution in [0.15, 0.2) is 48.4 Å². The number of pyridine rings is 1. The molecule has 4 heterocycles. The van der Waals surface area contributed by atoms with Gasteiger partial charge in [-0.1, -0.05) is 6.58 Å². The van der Waals surface area contributed by atoms with Crippen LogP contribution in [0.2, 0.25) is 0 Å². The van der Waals surface area contributed by atoms with E-state index in [9.17, 15) is 22.0 Å². The van der Waals surface area contributed by atoms with Gasteiger partial charge in [-0.2, -0.15) is 5.10 Å². The summed E-state index contributed by atoms with van der Waals surface area (Å²) < 4.78 is 56.4. The first-order valence-electron chi connectivity index (χ1n) is 10.2. The van der Waals surface area contributed by atoms with Crippen molar-refractivity contribution < 1.29 is 26.7 Å². The fourth-order valence-corrected chi connectivity index (χ4v) is 4.62. The lowest BCUT2D eigenvalue weighted by Crippen LogP contribution is -2.41. The maximum Gasteiger partial charge on any atom is 0.272 e. The summed E-state index contributed by atoms with van der Waals surface area (Å²) in [5, 5.41) is 7.34. The van der Waals surface area contributed by atoms with Gasteiger partial charge in [0.15, 0.2) is 9.84 Å². The number of ether oxygens (including phenoxy) is 1. The van der Waals surface area contributed by atoms with Crippen LogP contribution in [0.3, 0.4) is 0 Å². The average Bonchev–Trinajstić information content (AvgIpc) is 3.49. The second-order valence-electron chi connectivity index (χ2n) is 8.00. The van der Waals surface area contributed by atoms with Crippen molar-refractivity contribution in [2.75, 3.05) is 19.4 Å². The summed E-state index contributed by atoms with van der Waals surface area (Å²) in [4.78, 5) is 22.8. The van der Waals surface area contributed by atoms with Crippen molar-refractivity contribution in [3.05, 3.63) is 54.8 Å². The first-order chi connectivity index (χ1) is 16.2. The summed E-state index contributed by atoms with van der Waals surface area (Å²) in [5.74, 6) is -1.55. The Morgan fingerprint density at radius 2 is 2.26 bits per heavy atom. The number of fused-ring (bicyclic) bond motifs is 3. The SMILES string of the molecule is C=C(F)C=N/C=C(\N/C=C/F)c1nn(CS(C)(=O)=O)c2cc(C(=O)N3CC4CC3CO4)ncc12. The Balaban J connectivity index is 1.79. The van der Waals surface area contributed by atoms with E-state index in [2.05, 4.69) is 27.0 Å². The third kappa shape index (κ3) is 5.04. The van der Waals surface area contributed by atoms with Crippen LogP contribution in [0.25, 0.3) is 16.6 Å². The van der Waals surface area contributed by atoms with Crippen molar-refractivity contribution >= 4 is 38.6 Å². The molecule has 2 atom stereocenters. The molecule has 2 fully saturated rings. The number of nitrogens with one attached hydrogen (secondary N) is 1. The molecule has 1 amide bonds. The van der Waals surface area contributed by atoms with Gasteiger partial charge in [-0.15, -0.1) is 0 Å². The predicted molar refractivity (Wildman–Crippen MR) is 122 cm³/mol. The van der Waals surface area contributed by atoms with Crippen molar-refractivity contribution in [3.63, 3.8) is 0 Å². The van der Waals surface area contributed by atoms with Crippen molar-refractivity contribution in [1.82, 2.24) is 25.0 Å². The molecule has 4 rings (SSSR count). The Kier molecular flexibility index (Phi) is 6.57. The van der Waals surface area contributed by atoms with Gasteiger partial charge in [-0.3, -0.25) is 14.8 Å². The molecule has 2 unspecified atom stereocenters. The Bertz CT molecular complexity index is 1330. The quantitative estimate of drug-likeness (QED) is 0.560. The second kappa shape index (κ2) is 9.43. The first kappa shape index (κ1) is 23.7. The molecule has 0 saturated carbocycles. The fraction of sp³-hybridized carbons (Fsp3) is 0.333. The van der Waals surface area contributed by atoms with Gasteiger partial charge in [0.1, 0.15) is 29.4 Å². The Labute approximate surface area is 194 Å². The number of carbonyl (C=O) groups is 1. The number of amides is 1. The van der Waals surface area contributed by atoms with E-state index in [1.807, 2.05) is 0 Å². The molecule has 2 aliphatic heterocycles. The number of aliphatic imine (C=N–C) groups is 1. The van der Waals surface area contributed by atoms with Gasteiger partial charge in [0.25, 0.3) is 5.91 Å². The summed E-state index contributed by atoms with van der Waals surface area (Å²) in [6.07, 6.45) is 6.46. The molecule has 2 aromatic heterocycles. The van der Waals surface area contributed by atoms with E-state index in [1.165, 1.54) is 23.1 Å². The summed E-state index contributed by atoms with van der Waals surface area (Å²) in [5.41, 5.74) is 0.780. The maximum atomic E-state index is 13.1. The first-order valence-corrected chi connectivity index (χ1v) is 12.3. The van der Waals surface area contributed by atoms with E-state index < -0.39 is 21.5 Å². The maximum absolute atomic E-state index is 13.1. The third-order valence-corrected chi connectivity index (χ3v) is 6.06. The van der Waals surface area contributed by atoms with Gasteiger partial charge in [0, 0.05) is 30.6 Å². The second-order valence-corrected chi connectivity index (χ2v) is 10.1. The molecular weight excluding hydrogens is 470 g/mol. The molecule has 34 heavy (non-hydrogen) atoms. The molecule has 0 aromatic carbocycles. The van der Waals surface area contributed by atoms with Crippen molar-refractivity contribution in [2.45, 2.75) is 24.4 Å². The topological polar surface area (TPSA) is 119 Å². The van der Waals surface area contributed by atoms with E-state index >= 15 is 0 Å².